The van der Waals surface area contributed by atoms with Crippen molar-refractivity contribution in [3.63, 3.8) is 0 Å². The highest BCUT2D eigenvalue weighted by molar-refractivity contribution is 5.86. The van der Waals surface area contributed by atoms with Crippen molar-refractivity contribution >= 4 is 11.8 Å². The predicted molar refractivity (Wildman–Crippen MR) is 64.7 cm³/mol. The van der Waals surface area contributed by atoms with Gasteiger partial charge in [0.1, 0.15) is 6.04 Å². The molecule has 0 aliphatic heterocycles. The molecular formula is C12H24N2O2. The van der Waals surface area contributed by atoms with Crippen LogP contribution >= 0.6 is 0 Å². The average molecular weight is 228 g/mol. The lowest BCUT2D eigenvalue weighted by Gasteiger charge is -2.18. The van der Waals surface area contributed by atoms with Crippen LogP contribution in [0.5, 0.6) is 0 Å². The smallest absolute Gasteiger partial charge is 0.240 e. The zero-order valence-corrected chi connectivity index (χ0v) is 10.6. The first-order valence-corrected chi connectivity index (χ1v) is 6.07. The highest BCUT2D eigenvalue weighted by atomic mass is 16.2. The van der Waals surface area contributed by atoms with E-state index in [0.717, 1.165) is 25.7 Å². The van der Waals surface area contributed by atoms with Gasteiger partial charge in [0.05, 0.1) is 0 Å². The Bertz CT molecular complexity index is 227. The molecule has 94 valence electrons. The van der Waals surface area contributed by atoms with Crippen LogP contribution in [0.1, 0.15) is 52.9 Å². The molecule has 1 atom stereocenters. The minimum absolute atomic E-state index is 0.0390. The van der Waals surface area contributed by atoms with Gasteiger partial charge in [-0.15, -0.1) is 0 Å². The fourth-order valence-corrected chi connectivity index (χ4v) is 1.52. The van der Waals surface area contributed by atoms with Gasteiger partial charge in [0.2, 0.25) is 11.8 Å². The summed E-state index contributed by atoms with van der Waals surface area (Å²) in [5, 5.41) is 2.68. The van der Waals surface area contributed by atoms with Crippen molar-refractivity contribution in [1.82, 2.24) is 5.32 Å². The van der Waals surface area contributed by atoms with E-state index in [1.807, 2.05) is 13.8 Å². The van der Waals surface area contributed by atoms with Crippen molar-refractivity contribution in [1.29, 1.82) is 0 Å². The van der Waals surface area contributed by atoms with E-state index in [1.54, 1.807) is 0 Å². The van der Waals surface area contributed by atoms with E-state index in [0.29, 0.717) is 6.42 Å². The summed E-state index contributed by atoms with van der Waals surface area (Å²) < 4.78 is 0. The van der Waals surface area contributed by atoms with Crippen LogP contribution in [0.2, 0.25) is 0 Å². The van der Waals surface area contributed by atoms with Crippen LogP contribution in [0.15, 0.2) is 0 Å². The third-order valence-electron chi connectivity index (χ3n) is 2.55. The Balaban J connectivity index is 3.87. The largest absolute Gasteiger partial charge is 0.368 e. The number of amides is 2. The maximum absolute atomic E-state index is 11.5. The lowest BCUT2D eigenvalue weighted by molar-refractivity contribution is -0.128. The Morgan fingerprint density at radius 3 is 2.25 bits per heavy atom. The molecule has 0 spiro atoms. The molecule has 0 saturated carbocycles. The van der Waals surface area contributed by atoms with Crippen molar-refractivity contribution < 1.29 is 9.59 Å². The quantitative estimate of drug-likeness (QED) is 0.619. The molecule has 4 nitrogen and oxygen atoms in total. The monoisotopic (exact) mass is 228 g/mol. The topological polar surface area (TPSA) is 72.2 Å². The Kier molecular flexibility index (Phi) is 7.60. The van der Waals surface area contributed by atoms with E-state index in [2.05, 4.69) is 12.2 Å². The molecule has 0 fully saturated rings. The first-order chi connectivity index (χ1) is 7.49. The number of primary amides is 1. The van der Waals surface area contributed by atoms with E-state index in [1.165, 1.54) is 0 Å². The van der Waals surface area contributed by atoms with E-state index < -0.39 is 11.9 Å². The Morgan fingerprint density at radius 2 is 1.81 bits per heavy atom. The second-order valence-electron chi connectivity index (χ2n) is 4.50. The summed E-state index contributed by atoms with van der Waals surface area (Å²) in [5.41, 5.74) is 5.21. The Morgan fingerprint density at radius 1 is 1.19 bits per heavy atom. The minimum atomic E-state index is -0.543. The summed E-state index contributed by atoms with van der Waals surface area (Å²) in [4.78, 5) is 22.6. The highest BCUT2D eigenvalue weighted by Crippen LogP contribution is 2.05. The van der Waals surface area contributed by atoms with Gasteiger partial charge in [0.25, 0.3) is 0 Å². The van der Waals surface area contributed by atoms with E-state index in [9.17, 15) is 9.59 Å². The summed E-state index contributed by atoms with van der Waals surface area (Å²) in [6.45, 7) is 5.86. The van der Waals surface area contributed by atoms with Gasteiger partial charge in [-0.2, -0.15) is 0 Å². The molecule has 0 aromatic rings. The van der Waals surface area contributed by atoms with Gasteiger partial charge in [-0.25, -0.2) is 0 Å². The van der Waals surface area contributed by atoms with Crippen LogP contribution in [0.25, 0.3) is 0 Å². The molecule has 0 heterocycles. The fraction of sp³-hybridized carbons (Fsp3) is 0.833. The van der Waals surface area contributed by atoms with Gasteiger partial charge >= 0.3 is 0 Å². The number of unbranched alkanes of at least 4 members (excludes halogenated alkanes) is 3. The van der Waals surface area contributed by atoms with Crippen LogP contribution in [0, 0.1) is 5.92 Å². The van der Waals surface area contributed by atoms with Crippen molar-refractivity contribution in [3.8, 4) is 0 Å². The SMILES string of the molecule is CCCCCCC(=O)NC(C(N)=O)C(C)C. The maximum Gasteiger partial charge on any atom is 0.240 e. The number of hydrogen-bond donors (Lipinski definition) is 2. The lowest BCUT2D eigenvalue weighted by Crippen LogP contribution is -2.47. The molecule has 0 bridgehead atoms. The molecule has 0 aromatic heterocycles. The number of rotatable bonds is 8. The van der Waals surface area contributed by atoms with Crippen LogP contribution < -0.4 is 11.1 Å². The van der Waals surface area contributed by atoms with Gasteiger partial charge in [-0.1, -0.05) is 40.0 Å². The average Bonchev–Trinajstić information content (AvgIpc) is 2.20. The third-order valence-corrected chi connectivity index (χ3v) is 2.55. The Labute approximate surface area is 98.0 Å². The van der Waals surface area contributed by atoms with Crippen LogP contribution in [-0.4, -0.2) is 17.9 Å². The summed E-state index contributed by atoms with van der Waals surface area (Å²) in [5.74, 6) is -0.498. The predicted octanol–water partition coefficient (Wildman–Crippen LogP) is 1.58. The molecule has 4 heteroatoms. The number of nitrogens with one attached hydrogen (secondary N) is 1. The van der Waals surface area contributed by atoms with Crippen molar-refractivity contribution in [2.24, 2.45) is 11.7 Å². The summed E-state index contributed by atoms with van der Waals surface area (Å²) in [6, 6.07) is -0.543. The van der Waals surface area contributed by atoms with E-state index in [4.69, 9.17) is 5.73 Å². The lowest BCUT2D eigenvalue weighted by atomic mass is 10.0. The van der Waals surface area contributed by atoms with Crippen molar-refractivity contribution in [2.75, 3.05) is 0 Å². The number of nitrogens with two attached hydrogens (primary N) is 1. The molecule has 0 aliphatic rings. The van der Waals surface area contributed by atoms with Gasteiger partial charge in [-0.3, -0.25) is 9.59 Å². The molecule has 0 aromatic carbocycles. The second kappa shape index (κ2) is 8.13. The Hall–Kier alpha value is -1.06. The van der Waals surface area contributed by atoms with Gasteiger partial charge in [0.15, 0.2) is 0 Å². The molecule has 2 amide bonds. The maximum atomic E-state index is 11.5. The standard InChI is InChI=1S/C12H24N2O2/c1-4-5-6-7-8-10(15)14-11(9(2)3)12(13)16/h9,11H,4-8H2,1-3H3,(H2,13,16)(H,14,15). The molecule has 0 radical (unpaired) electrons. The molecular weight excluding hydrogens is 204 g/mol. The number of carbonyl (C=O) groups excluding carboxylic acids is 2. The minimum Gasteiger partial charge on any atom is -0.368 e. The molecule has 0 saturated heterocycles. The van der Waals surface area contributed by atoms with Crippen molar-refractivity contribution in [3.05, 3.63) is 0 Å². The molecule has 0 rings (SSSR count). The first-order valence-electron chi connectivity index (χ1n) is 6.07. The zero-order valence-electron chi connectivity index (χ0n) is 10.6. The molecule has 1 unspecified atom stereocenters. The van der Waals surface area contributed by atoms with Gasteiger partial charge in [0, 0.05) is 6.42 Å². The molecule has 3 N–H and O–H groups in total. The first kappa shape index (κ1) is 14.9. The van der Waals surface area contributed by atoms with Crippen LogP contribution in [0.4, 0.5) is 0 Å². The van der Waals surface area contributed by atoms with Crippen molar-refractivity contribution in [2.45, 2.75) is 58.9 Å². The van der Waals surface area contributed by atoms with Crippen LogP contribution in [0.3, 0.4) is 0 Å². The summed E-state index contributed by atoms with van der Waals surface area (Å²) >= 11 is 0. The normalized spacial score (nSPS) is 12.5. The van der Waals surface area contributed by atoms with Gasteiger partial charge < -0.3 is 11.1 Å². The number of hydrogen-bond acceptors (Lipinski definition) is 2. The van der Waals surface area contributed by atoms with E-state index in [-0.39, 0.29) is 11.8 Å². The summed E-state index contributed by atoms with van der Waals surface area (Å²) in [7, 11) is 0. The third kappa shape index (κ3) is 6.43. The zero-order chi connectivity index (χ0) is 12.6. The second-order valence-corrected chi connectivity index (χ2v) is 4.50. The summed E-state index contributed by atoms with van der Waals surface area (Å²) in [6.07, 6.45) is 4.72. The molecule has 0 aliphatic carbocycles. The molecule has 16 heavy (non-hydrogen) atoms. The van der Waals surface area contributed by atoms with Gasteiger partial charge in [-0.05, 0) is 12.3 Å². The fourth-order valence-electron chi connectivity index (χ4n) is 1.52. The van der Waals surface area contributed by atoms with E-state index >= 15 is 0 Å². The van der Waals surface area contributed by atoms with Crippen LogP contribution in [-0.2, 0) is 9.59 Å². The highest BCUT2D eigenvalue weighted by Gasteiger charge is 2.20. The number of carbonyl (C=O) groups is 2.